The molecule has 0 amide bonds. The van der Waals surface area contributed by atoms with Crippen molar-refractivity contribution in [3.8, 4) is 0 Å². The number of nitrogens with zero attached hydrogens (tertiary/aromatic N) is 2. The van der Waals surface area contributed by atoms with Gasteiger partial charge in [-0.05, 0) is 0 Å². The average Bonchev–Trinajstić information content (AvgIpc) is 2.36. The molecule has 0 aliphatic heterocycles. The van der Waals surface area contributed by atoms with Crippen molar-refractivity contribution in [2.75, 3.05) is 7.11 Å². The molecule has 13 heavy (non-hydrogen) atoms. The predicted octanol–water partition coefficient (Wildman–Crippen LogP) is -3.20. The minimum atomic E-state index is -0.228. The maximum atomic E-state index is 10.9. The van der Waals surface area contributed by atoms with Gasteiger partial charge in [-0.2, -0.15) is 0 Å². The van der Waals surface area contributed by atoms with Crippen molar-refractivity contribution in [2.24, 2.45) is 7.05 Å². The first kappa shape index (κ1) is 12.0. The summed E-state index contributed by atoms with van der Waals surface area (Å²) in [6.07, 6.45) is 3.75. The van der Waals surface area contributed by atoms with Crippen LogP contribution in [0, 0.1) is 6.92 Å². The molecule has 0 spiro atoms. The number of aryl methyl sites for hydroxylation is 1. The molecule has 1 heterocycles. The number of methoxy groups -OCH3 is 1. The summed E-state index contributed by atoms with van der Waals surface area (Å²) in [7, 11) is 3.32. The highest BCUT2D eigenvalue weighted by Crippen LogP contribution is 1.92. The van der Waals surface area contributed by atoms with Crippen LogP contribution in [0.15, 0.2) is 12.4 Å². The first-order valence-electron chi connectivity index (χ1n) is 3.73. The first-order valence-corrected chi connectivity index (χ1v) is 3.73. The highest BCUT2D eigenvalue weighted by Gasteiger charge is 2.12. The summed E-state index contributed by atoms with van der Waals surface area (Å²) in [5.74, 6) is 0.801. The third-order valence-corrected chi connectivity index (χ3v) is 1.92. The Balaban J connectivity index is 0.00000144. The second-order valence-corrected chi connectivity index (χ2v) is 2.66. The molecule has 0 atom stereocenters. The Labute approximate surface area is 83.5 Å². The SMILES string of the molecule is COC(=O)Cn1cc[n+](C)c1C.[Cl-]. The van der Waals surface area contributed by atoms with Crippen LogP contribution in [0.2, 0.25) is 0 Å². The van der Waals surface area contributed by atoms with Crippen molar-refractivity contribution in [3.63, 3.8) is 0 Å². The molecule has 0 N–H and O–H groups in total. The summed E-state index contributed by atoms with van der Waals surface area (Å²) >= 11 is 0. The van der Waals surface area contributed by atoms with E-state index in [-0.39, 0.29) is 24.9 Å². The molecule has 0 radical (unpaired) electrons. The zero-order valence-corrected chi connectivity index (χ0v) is 8.71. The molecule has 0 saturated heterocycles. The van der Waals surface area contributed by atoms with Gasteiger partial charge in [0.25, 0.3) is 5.82 Å². The fraction of sp³-hybridized carbons (Fsp3) is 0.500. The third-order valence-electron chi connectivity index (χ3n) is 1.92. The molecule has 4 nitrogen and oxygen atoms in total. The van der Waals surface area contributed by atoms with Crippen LogP contribution in [-0.4, -0.2) is 17.6 Å². The number of aromatic nitrogens is 2. The van der Waals surface area contributed by atoms with Crippen LogP contribution < -0.4 is 17.0 Å². The Hall–Kier alpha value is -1.03. The van der Waals surface area contributed by atoms with Crippen LogP contribution >= 0.6 is 0 Å². The Kier molecular flexibility index (Phi) is 4.48. The second-order valence-electron chi connectivity index (χ2n) is 2.66. The van der Waals surface area contributed by atoms with E-state index in [1.54, 1.807) is 0 Å². The zero-order chi connectivity index (χ0) is 9.14. The molecule has 0 unspecified atom stereocenters. The lowest BCUT2D eigenvalue weighted by atomic mass is 10.6. The standard InChI is InChI=1S/C8H13N2O2.ClH/c1-7-9(2)4-5-10(7)6-8(11)12-3;/h4-5H,6H2,1-3H3;1H/q+1;/p-1. The minimum absolute atomic E-state index is 0. The van der Waals surface area contributed by atoms with Gasteiger partial charge < -0.3 is 17.1 Å². The van der Waals surface area contributed by atoms with E-state index in [0.29, 0.717) is 0 Å². The molecule has 1 rings (SSSR count). The van der Waals surface area contributed by atoms with E-state index < -0.39 is 0 Å². The molecule has 1 aromatic rings. The lowest BCUT2D eigenvalue weighted by Gasteiger charge is -1.96. The molecule has 0 saturated carbocycles. The van der Waals surface area contributed by atoms with E-state index in [1.165, 1.54) is 7.11 Å². The van der Waals surface area contributed by atoms with Crippen LogP contribution in [0.3, 0.4) is 0 Å². The molecular formula is C8H13ClN2O2. The second kappa shape index (κ2) is 4.87. The molecule has 0 fully saturated rings. The maximum absolute atomic E-state index is 10.9. The van der Waals surface area contributed by atoms with Gasteiger partial charge in [0.05, 0.1) is 14.2 Å². The molecule has 0 aliphatic carbocycles. The summed E-state index contributed by atoms with van der Waals surface area (Å²) in [6.45, 7) is 2.23. The van der Waals surface area contributed by atoms with E-state index in [4.69, 9.17) is 0 Å². The summed E-state index contributed by atoms with van der Waals surface area (Å²) in [4.78, 5) is 10.9. The summed E-state index contributed by atoms with van der Waals surface area (Å²) in [5.41, 5.74) is 0. The zero-order valence-electron chi connectivity index (χ0n) is 7.95. The normalized spacial score (nSPS) is 9.15. The van der Waals surface area contributed by atoms with Gasteiger partial charge in [-0.3, -0.25) is 0 Å². The Bertz CT molecular complexity index is 296. The van der Waals surface area contributed by atoms with Gasteiger partial charge in [-0.1, -0.05) is 0 Å². The van der Waals surface area contributed by atoms with Gasteiger partial charge >= 0.3 is 5.97 Å². The number of carbonyl (C=O) groups is 1. The lowest BCUT2D eigenvalue weighted by molar-refractivity contribution is -0.677. The third kappa shape index (κ3) is 2.73. The van der Waals surface area contributed by atoms with Crippen LogP contribution in [0.5, 0.6) is 0 Å². The van der Waals surface area contributed by atoms with E-state index in [9.17, 15) is 4.79 Å². The Morgan fingerprint density at radius 2 is 2.31 bits per heavy atom. The quantitative estimate of drug-likeness (QED) is 0.376. The molecule has 0 bridgehead atoms. The smallest absolute Gasteiger partial charge is 0.348 e. The number of hydrogen-bond donors (Lipinski definition) is 0. The molecule has 0 aliphatic rings. The number of hydrogen-bond acceptors (Lipinski definition) is 2. The van der Waals surface area contributed by atoms with Crippen LogP contribution in [-0.2, 0) is 23.1 Å². The van der Waals surface area contributed by atoms with Gasteiger partial charge in [0.15, 0.2) is 6.54 Å². The molecule has 0 aromatic carbocycles. The number of carbonyl (C=O) groups excluding carboxylic acids is 1. The highest BCUT2D eigenvalue weighted by atomic mass is 35.5. The molecular weight excluding hydrogens is 192 g/mol. The van der Waals surface area contributed by atoms with Gasteiger partial charge in [0.1, 0.15) is 12.4 Å². The van der Waals surface area contributed by atoms with E-state index in [0.717, 1.165) is 5.82 Å². The molecule has 74 valence electrons. The number of rotatable bonds is 2. The van der Waals surface area contributed by atoms with Crippen LogP contribution in [0.25, 0.3) is 0 Å². The topological polar surface area (TPSA) is 35.1 Å². The number of imidazole rings is 1. The van der Waals surface area contributed by atoms with E-state index >= 15 is 0 Å². The summed E-state index contributed by atoms with van der Waals surface area (Å²) in [5, 5.41) is 0. The van der Waals surface area contributed by atoms with Gasteiger partial charge in [-0.15, -0.1) is 0 Å². The number of ether oxygens (including phenoxy) is 1. The van der Waals surface area contributed by atoms with Crippen LogP contribution in [0.4, 0.5) is 0 Å². The number of halogens is 1. The fourth-order valence-corrected chi connectivity index (χ4v) is 0.970. The Morgan fingerprint density at radius 3 is 2.69 bits per heavy atom. The van der Waals surface area contributed by atoms with Crippen molar-refractivity contribution in [1.29, 1.82) is 0 Å². The number of esters is 1. The van der Waals surface area contributed by atoms with Crippen molar-refractivity contribution in [1.82, 2.24) is 4.57 Å². The molecule has 5 heteroatoms. The van der Waals surface area contributed by atoms with E-state index in [2.05, 4.69) is 4.74 Å². The van der Waals surface area contributed by atoms with Crippen molar-refractivity contribution < 1.29 is 26.5 Å². The fourth-order valence-electron chi connectivity index (χ4n) is 0.970. The first-order chi connectivity index (χ1) is 5.65. The van der Waals surface area contributed by atoms with Gasteiger partial charge in [0, 0.05) is 6.92 Å². The maximum Gasteiger partial charge on any atom is 0.348 e. The summed E-state index contributed by atoms with van der Waals surface area (Å²) < 4.78 is 8.34. The highest BCUT2D eigenvalue weighted by molar-refractivity contribution is 5.68. The van der Waals surface area contributed by atoms with Gasteiger partial charge in [0.2, 0.25) is 0 Å². The van der Waals surface area contributed by atoms with Crippen molar-refractivity contribution >= 4 is 5.97 Å². The predicted molar refractivity (Wildman–Crippen MR) is 42.4 cm³/mol. The van der Waals surface area contributed by atoms with E-state index in [1.807, 2.05) is 35.5 Å². The minimum Gasteiger partial charge on any atom is -1.00 e. The van der Waals surface area contributed by atoms with Gasteiger partial charge in [-0.25, -0.2) is 13.9 Å². The van der Waals surface area contributed by atoms with Crippen LogP contribution in [0.1, 0.15) is 5.82 Å². The molecule has 1 aromatic heterocycles. The summed E-state index contributed by atoms with van der Waals surface area (Å²) in [6, 6.07) is 0. The van der Waals surface area contributed by atoms with Crippen molar-refractivity contribution in [2.45, 2.75) is 13.5 Å². The Morgan fingerprint density at radius 1 is 1.69 bits per heavy atom. The van der Waals surface area contributed by atoms with Crippen molar-refractivity contribution in [3.05, 3.63) is 18.2 Å². The average molecular weight is 205 g/mol. The monoisotopic (exact) mass is 204 g/mol. The largest absolute Gasteiger partial charge is 1.00 e. The lowest BCUT2D eigenvalue weighted by Crippen LogP contribution is -3.00.